The molecule has 1 atom stereocenters. The maximum absolute atomic E-state index is 12.2. The molecular weight excluding hydrogens is 230 g/mol. The molecule has 0 unspecified atom stereocenters. The lowest BCUT2D eigenvalue weighted by atomic mass is 9.76. The third kappa shape index (κ3) is 1.21. The molecule has 4 nitrogen and oxygen atoms in total. The molecule has 0 spiro atoms. The van der Waals surface area contributed by atoms with Crippen molar-refractivity contribution >= 4 is 5.91 Å². The Balaban J connectivity index is 2.28. The normalized spacial score (nSPS) is 25.3. The third-order valence-electron chi connectivity index (χ3n) is 4.06. The van der Waals surface area contributed by atoms with Crippen molar-refractivity contribution in [1.82, 2.24) is 5.06 Å². The topological polar surface area (TPSA) is 38.8 Å². The van der Waals surface area contributed by atoms with Crippen molar-refractivity contribution in [2.45, 2.75) is 25.8 Å². The summed E-state index contributed by atoms with van der Waals surface area (Å²) in [5, 5.41) is 1.51. The van der Waals surface area contributed by atoms with Crippen LogP contribution in [0.1, 0.15) is 25.0 Å². The van der Waals surface area contributed by atoms with E-state index in [1.54, 1.807) is 7.11 Å². The van der Waals surface area contributed by atoms with E-state index < -0.39 is 5.54 Å². The molecule has 0 aromatic heterocycles. The van der Waals surface area contributed by atoms with E-state index >= 15 is 0 Å². The lowest BCUT2D eigenvalue weighted by molar-refractivity contribution is -0.225. The van der Waals surface area contributed by atoms with Gasteiger partial charge in [-0.25, -0.2) is 5.06 Å². The number of hydrogen-bond acceptors (Lipinski definition) is 3. The average Bonchev–Trinajstić information content (AvgIpc) is 2.72. The molecule has 0 radical (unpaired) electrons. The number of ether oxygens (including phenoxy) is 1. The van der Waals surface area contributed by atoms with Crippen molar-refractivity contribution in [2.24, 2.45) is 5.92 Å². The number of rotatable bonds is 2. The summed E-state index contributed by atoms with van der Waals surface area (Å²) in [6.45, 7) is 4.66. The zero-order valence-corrected chi connectivity index (χ0v) is 10.9. The lowest BCUT2D eigenvalue weighted by Gasteiger charge is -2.44. The van der Waals surface area contributed by atoms with Gasteiger partial charge in [0.25, 0.3) is 5.91 Å². The molecule has 2 aliphatic heterocycles. The quantitative estimate of drug-likeness (QED) is 0.801. The van der Waals surface area contributed by atoms with Gasteiger partial charge in [0.05, 0.1) is 13.5 Å². The van der Waals surface area contributed by atoms with Gasteiger partial charge in [-0.05, 0) is 17.5 Å². The Bertz CT molecular complexity index is 512. The maximum atomic E-state index is 12.2. The number of carbonyl (C=O) groups excluding carboxylic acids is 1. The van der Waals surface area contributed by atoms with Gasteiger partial charge in [0.15, 0.2) is 0 Å². The van der Waals surface area contributed by atoms with Crippen LogP contribution in [0, 0.1) is 5.92 Å². The summed E-state index contributed by atoms with van der Waals surface area (Å²) < 4.78 is 5.79. The molecule has 18 heavy (non-hydrogen) atoms. The Labute approximate surface area is 106 Å². The van der Waals surface area contributed by atoms with E-state index in [0.717, 1.165) is 16.9 Å². The van der Waals surface area contributed by atoms with Crippen LogP contribution in [0.4, 0.5) is 0 Å². The van der Waals surface area contributed by atoms with Crippen molar-refractivity contribution in [2.75, 3.05) is 13.7 Å². The number of carbonyl (C=O) groups is 1. The maximum Gasteiger partial charge on any atom is 0.251 e. The van der Waals surface area contributed by atoms with Crippen molar-refractivity contribution in [3.05, 3.63) is 29.3 Å². The van der Waals surface area contributed by atoms with E-state index in [9.17, 15) is 4.79 Å². The van der Waals surface area contributed by atoms with Gasteiger partial charge in [-0.3, -0.25) is 9.63 Å². The van der Waals surface area contributed by atoms with E-state index in [1.165, 1.54) is 5.06 Å². The van der Waals surface area contributed by atoms with Gasteiger partial charge in [-0.2, -0.15) is 0 Å². The molecule has 4 heteroatoms. The van der Waals surface area contributed by atoms with Gasteiger partial charge >= 0.3 is 0 Å². The number of benzene rings is 1. The molecule has 2 heterocycles. The molecule has 0 saturated heterocycles. The largest absolute Gasteiger partial charge is 0.490 e. The molecule has 0 fully saturated rings. The van der Waals surface area contributed by atoms with Gasteiger partial charge < -0.3 is 4.74 Å². The second kappa shape index (κ2) is 3.72. The summed E-state index contributed by atoms with van der Waals surface area (Å²) in [5.74, 6) is 1.11. The lowest BCUT2D eigenvalue weighted by Crippen LogP contribution is -2.56. The summed E-state index contributed by atoms with van der Waals surface area (Å²) in [4.78, 5) is 17.6. The molecule has 2 aliphatic rings. The van der Waals surface area contributed by atoms with Crippen LogP contribution in [0.2, 0.25) is 0 Å². The SMILES string of the molecule is CON1C(=O)Cc2cccc3c2[C@]1(C(C)C)CO3. The fourth-order valence-corrected chi connectivity index (χ4v) is 3.17. The summed E-state index contributed by atoms with van der Waals surface area (Å²) >= 11 is 0. The molecule has 96 valence electrons. The van der Waals surface area contributed by atoms with Crippen LogP contribution < -0.4 is 4.74 Å². The van der Waals surface area contributed by atoms with E-state index in [0.29, 0.717) is 13.0 Å². The zero-order valence-electron chi connectivity index (χ0n) is 10.9. The molecule has 1 amide bonds. The van der Waals surface area contributed by atoms with Crippen molar-refractivity contribution in [1.29, 1.82) is 0 Å². The highest BCUT2D eigenvalue weighted by molar-refractivity contribution is 5.83. The van der Waals surface area contributed by atoms with Crippen molar-refractivity contribution < 1.29 is 14.4 Å². The Morgan fingerprint density at radius 1 is 1.44 bits per heavy atom. The van der Waals surface area contributed by atoms with Gasteiger partial charge in [-0.1, -0.05) is 26.0 Å². The van der Waals surface area contributed by atoms with Crippen LogP contribution >= 0.6 is 0 Å². The van der Waals surface area contributed by atoms with E-state index in [1.807, 2.05) is 18.2 Å². The fraction of sp³-hybridized carbons (Fsp3) is 0.500. The van der Waals surface area contributed by atoms with Gasteiger partial charge in [-0.15, -0.1) is 0 Å². The summed E-state index contributed by atoms with van der Waals surface area (Å²) in [5.41, 5.74) is 1.72. The molecule has 1 aromatic rings. The first-order valence-electron chi connectivity index (χ1n) is 6.23. The summed E-state index contributed by atoms with van der Waals surface area (Å²) in [7, 11) is 1.55. The van der Waals surface area contributed by atoms with Crippen LogP contribution in [-0.4, -0.2) is 24.7 Å². The van der Waals surface area contributed by atoms with Crippen LogP contribution in [-0.2, 0) is 21.6 Å². The van der Waals surface area contributed by atoms with Crippen LogP contribution in [0.5, 0.6) is 5.75 Å². The molecule has 0 aliphatic carbocycles. The first kappa shape index (κ1) is 11.5. The number of hydroxylamine groups is 2. The van der Waals surface area contributed by atoms with E-state index in [4.69, 9.17) is 9.57 Å². The predicted octanol–water partition coefficient (Wildman–Crippen LogP) is 1.88. The fourth-order valence-electron chi connectivity index (χ4n) is 3.17. The van der Waals surface area contributed by atoms with Gasteiger partial charge in [0.2, 0.25) is 0 Å². The molecule has 3 rings (SSSR count). The highest BCUT2D eigenvalue weighted by atomic mass is 16.7. The first-order chi connectivity index (χ1) is 8.61. The molecule has 0 saturated carbocycles. The Morgan fingerprint density at radius 2 is 2.22 bits per heavy atom. The Kier molecular flexibility index (Phi) is 2.38. The van der Waals surface area contributed by atoms with Crippen LogP contribution in [0.3, 0.4) is 0 Å². The average molecular weight is 247 g/mol. The number of nitrogens with zero attached hydrogens (tertiary/aromatic N) is 1. The zero-order chi connectivity index (χ0) is 12.9. The minimum absolute atomic E-state index is 0.00125. The smallest absolute Gasteiger partial charge is 0.251 e. The molecular formula is C14H17NO3. The number of hydrogen-bond donors (Lipinski definition) is 0. The van der Waals surface area contributed by atoms with Crippen molar-refractivity contribution in [3.63, 3.8) is 0 Å². The van der Waals surface area contributed by atoms with E-state index in [2.05, 4.69) is 13.8 Å². The van der Waals surface area contributed by atoms with Gasteiger partial charge in [0, 0.05) is 5.56 Å². The second-order valence-electron chi connectivity index (χ2n) is 5.21. The highest BCUT2D eigenvalue weighted by Crippen LogP contribution is 2.50. The minimum Gasteiger partial charge on any atom is -0.490 e. The second-order valence-corrected chi connectivity index (χ2v) is 5.21. The minimum atomic E-state index is -0.476. The standard InChI is InChI=1S/C14H17NO3/c1-9(2)14-8-18-11-6-4-5-10(13(11)14)7-12(16)15(14)17-3/h4-6,9H,7-8H2,1-3H3/t14-/m1/s1. The Hall–Kier alpha value is -1.55. The van der Waals surface area contributed by atoms with Crippen molar-refractivity contribution in [3.8, 4) is 5.75 Å². The predicted molar refractivity (Wildman–Crippen MR) is 66.0 cm³/mol. The summed E-state index contributed by atoms with van der Waals surface area (Å²) in [6.07, 6.45) is 0.384. The molecule has 1 aromatic carbocycles. The first-order valence-corrected chi connectivity index (χ1v) is 6.23. The molecule has 0 N–H and O–H groups in total. The monoisotopic (exact) mass is 247 g/mol. The number of amides is 1. The highest BCUT2D eigenvalue weighted by Gasteiger charge is 2.54. The third-order valence-corrected chi connectivity index (χ3v) is 4.06. The molecule has 0 bridgehead atoms. The van der Waals surface area contributed by atoms with E-state index in [-0.39, 0.29) is 11.8 Å². The summed E-state index contributed by atoms with van der Waals surface area (Å²) in [6, 6.07) is 5.92. The van der Waals surface area contributed by atoms with Gasteiger partial charge in [0.1, 0.15) is 17.9 Å². The Morgan fingerprint density at radius 3 is 2.89 bits per heavy atom. The van der Waals surface area contributed by atoms with Crippen LogP contribution in [0.25, 0.3) is 0 Å². The van der Waals surface area contributed by atoms with Crippen LogP contribution in [0.15, 0.2) is 18.2 Å².